The molecular weight excluding hydrogens is 285 g/mol. The Morgan fingerprint density at radius 2 is 2.27 bits per heavy atom. The largest absolute Gasteiger partial charge is 0.491 e. The molecule has 0 saturated carbocycles. The molecule has 5 heteroatoms. The molecule has 112 valence electrons. The molecule has 0 amide bonds. The molecule has 0 radical (unpaired) electrons. The van der Waals surface area contributed by atoms with E-state index in [0.29, 0.717) is 17.9 Å². The average molecular weight is 299 g/mol. The quantitative estimate of drug-likeness (QED) is 0.809. The SMILES string of the molecule is Fc1ccc2c(C3=CC(OCC4CO4)=CCC=C3)noc2c1. The summed E-state index contributed by atoms with van der Waals surface area (Å²) in [4.78, 5) is 0. The lowest BCUT2D eigenvalue weighted by Crippen LogP contribution is -2.00. The molecule has 0 spiro atoms. The molecule has 2 aromatic rings. The number of hydrogen-bond acceptors (Lipinski definition) is 4. The Kier molecular flexibility index (Phi) is 3.27. The van der Waals surface area contributed by atoms with Crippen LogP contribution in [0, 0.1) is 5.82 Å². The lowest BCUT2D eigenvalue weighted by molar-refractivity contribution is 0.192. The van der Waals surface area contributed by atoms with Gasteiger partial charge < -0.3 is 14.0 Å². The van der Waals surface area contributed by atoms with Crippen LogP contribution in [0.25, 0.3) is 16.5 Å². The first-order valence-corrected chi connectivity index (χ1v) is 7.18. The van der Waals surface area contributed by atoms with Crippen LogP contribution in [-0.2, 0) is 9.47 Å². The van der Waals surface area contributed by atoms with Crippen LogP contribution in [0.1, 0.15) is 12.1 Å². The van der Waals surface area contributed by atoms with Crippen molar-refractivity contribution in [2.45, 2.75) is 12.5 Å². The van der Waals surface area contributed by atoms with E-state index in [1.54, 1.807) is 6.07 Å². The Morgan fingerprint density at radius 3 is 3.14 bits per heavy atom. The number of benzene rings is 1. The number of fused-ring (bicyclic) bond motifs is 1. The van der Waals surface area contributed by atoms with Crippen LogP contribution in [0.4, 0.5) is 4.39 Å². The standard InChI is InChI=1S/C17H14FNO3/c18-12-5-6-15-16(8-12)22-19-17(15)11-3-1-2-4-13(7-11)20-9-14-10-21-14/h1,3-8,14H,2,9-10H2. The number of hydrogen-bond donors (Lipinski definition) is 0. The van der Waals surface area contributed by atoms with Crippen molar-refractivity contribution >= 4 is 16.5 Å². The van der Waals surface area contributed by atoms with E-state index in [-0.39, 0.29) is 11.9 Å². The summed E-state index contributed by atoms with van der Waals surface area (Å²) in [6, 6.07) is 4.42. The molecule has 1 saturated heterocycles. The Hall–Kier alpha value is -2.40. The summed E-state index contributed by atoms with van der Waals surface area (Å²) in [5.41, 5.74) is 2.00. The van der Waals surface area contributed by atoms with Crippen molar-refractivity contribution in [1.29, 1.82) is 0 Å². The van der Waals surface area contributed by atoms with Crippen molar-refractivity contribution < 1.29 is 18.4 Å². The second kappa shape index (κ2) is 5.42. The summed E-state index contributed by atoms with van der Waals surface area (Å²) in [6.45, 7) is 1.32. The van der Waals surface area contributed by atoms with Gasteiger partial charge in [-0.25, -0.2) is 4.39 Å². The van der Waals surface area contributed by atoms with Crippen LogP contribution in [-0.4, -0.2) is 24.5 Å². The molecule has 0 N–H and O–H groups in total. The van der Waals surface area contributed by atoms with Gasteiger partial charge in [0.25, 0.3) is 0 Å². The zero-order valence-corrected chi connectivity index (χ0v) is 11.8. The Bertz CT molecular complexity index is 799. The Morgan fingerprint density at radius 1 is 1.36 bits per heavy atom. The first-order chi connectivity index (χ1) is 10.8. The van der Waals surface area contributed by atoms with Crippen LogP contribution < -0.4 is 0 Å². The molecule has 2 aliphatic rings. The van der Waals surface area contributed by atoms with Crippen molar-refractivity contribution in [3.8, 4) is 0 Å². The number of epoxide rings is 1. The highest BCUT2D eigenvalue weighted by Gasteiger charge is 2.23. The number of halogens is 1. The number of aromatic nitrogens is 1. The third-order valence-electron chi connectivity index (χ3n) is 3.60. The minimum absolute atomic E-state index is 0.213. The average Bonchev–Trinajstić information content (AvgIpc) is 3.29. The molecular formula is C17H14FNO3. The first kappa shape index (κ1) is 13.3. The monoisotopic (exact) mass is 299 g/mol. The lowest BCUT2D eigenvalue weighted by Gasteiger charge is -2.05. The van der Waals surface area contributed by atoms with Gasteiger partial charge in [-0.2, -0.15) is 0 Å². The number of ether oxygens (including phenoxy) is 2. The molecule has 1 atom stereocenters. The van der Waals surface area contributed by atoms with Gasteiger partial charge in [0.15, 0.2) is 5.58 Å². The van der Waals surface area contributed by atoms with Crippen molar-refractivity contribution in [2.75, 3.05) is 13.2 Å². The predicted molar refractivity (Wildman–Crippen MR) is 79.5 cm³/mol. The highest BCUT2D eigenvalue weighted by Crippen LogP contribution is 2.28. The van der Waals surface area contributed by atoms with E-state index in [4.69, 9.17) is 14.0 Å². The topological polar surface area (TPSA) is 47.8 Å². The maximum atomic E-state index is 13.2. The maximum Gasteiger partial charge on any atom is 0.170 e. The van der Waals surface area contributed by atoms with E-state index in [0.717, 1.165) is 29.7 Å². The summed E-state index contributed by atoms with van der Waals surface area (Å²) >= 11 is 0. The fourth-order valence-corrected chi connectivity index (χ4v) is 2.36. The molecule has 1 aliphatic heterocycles. The molecule has 1 aliphatic carbocycles. The molecule has 0 bridgehead atoms. The van der Waals surface area contributed by atoms with E-state index >= 15 is 0 Å². The van der Waals surface area contributed by atoms with E-state index < -0.39 is 0 Å². The molecule has 22 heavy (non-hydrogen) atoms. The van der Waals surface area contributed by atoms with Crippen LogP contribution in [0.15, 0.2) is 52.8 Å². The molecule has 1 aromatic carbocycles. The van der Waals surface area contributed by atoms with E-state index in [2.05, 4.69) is 5.16 Å². The molecule has 1 aromatic heterocycles. The van der Waals surface area contributed by atoms with Crippen molar-refractivity contribution in [3.63, 3.8) is 0 Å². The van der Waals surface area contributed by atoms with Gasteiger partial charge in [0.05, 0.1) is 6.61 Å². The van der Waals surface area contributed by atoms with Crippen LogP contribution in [0.2, 0.25) is 0 Å². The van der Waals surface area contributed by atoms with Crippen LogP contribution in [0.3, 0.4) is 0 Å². The second-order valence-electron chi connectivity index (χ2n) is 5.28. The summed E-state index contributed by atoms with van der Waals surface area (Å²) in [5.74, 6) is 0.447. The molecule has 1 unspecified atom stereocenters. The fourth-order valence-electron chi connectivity index (χ4n) is 2.36. The van der Waals surface area contributed by atoms with E-state index in [1.807, 2.05) is 24.3 Å². The summed E-state index contributed by atoms with van der Waals surface area (Å²) < 4.78 is 29.4. The van der Waals surface area contributed by atoms with Crippen molar-refractivity contribution in [1.82, 2.24) is 5.16 Å². The molecule has 2 heterocycles. The van der Waals surface area contributed by atoms with Gasteiger partial charge in [0.1, 0.15) is 30.0 Å². The second-order valence-corrected chi connectivity index (χ2v) is 5.28. The first-order valence-electron chi connectivity index (χ1n) is 7.18. The molecule has 1 fully saturated rings. The lowest BCUT2D eigenvalue weighted by atomic mass is 10.1. The number of nitrogens with zero attached hydrogens (tertiary/aromatic N) is 1. The van der Waals surface area contributed by atoms with Crippen LogP contribution >= 0.6 is 0 Å². The predicted octanol–water partition coefficient (Wildman–Crippen LogP) is 3.61. The van der Waals surface area contributed by atoms with E-state index in [9.17, 15) is 4.39 Å². The van der Waals surface area contributed by atoms with Gasteiger partial charge in [-0.15, -0.1) is 0 Å². The zero-order chi connectivity index (χ0) is 14.9. The Balaban J connectivity index is 1.67. The fraction of sp³-hybridized carbons (Fsp3) is 0.235. The minimum Gasteiger partial charge on any atom is -0.491 e. The number of rotatable bonds is 4. The minimum atomic E-state index is -0.339. The Labute approximate surface area is 126 Å². The van der Waals surface area contributed by atoms with Gasteiger partial charge >= 0.3 is 0 Å². The van der Waals surface area contributed by atoms with Crippen molar-refractivity contribution in [3.05, 3.63) is 59.8 Å². The van der Waals surface area contributed by atoms with Gasteiger partial charge in [-0.05, 0) is 30.7 Å². The van der Waals surface area contributed by atoms with Gasteiger partial charge in [-0.1, -0.05) is 17.3 Å². The van der Waals surface area contributed by atoms with Gasteiger partial charge in [0, 0.05) is 17.0 Å². The highest BCUT2D eigenvalue weighted by atomic mass is 19.1. The van der Waals surface area contributed by atoms with E-state index in [1.165, 1.54) is 12.1 Å². The number of allylic oxidation sites excluding steroid dienone is 5. The maximum absolute atomic E-state index is 13.2. The van der Waals surface area contributed by atoms with Crippen LogP contribution in [0.5, 0.6) is 0 Å². The molecule has 4 nitrogen and oxygen atoms in total. The third-order valence-corrected chi connectivity index (χ3v) is 3.60. The van der Waals surface area contributed by atoms with Crippen molar-refractivity contribution in [2.24, 2.45) is 0 Å². The normalized spacial score (nSPS) is 20.5. The summed E-state index contributed by atoms with van der Waals surface area (Å²) in [5, 5.41) is 4.86. The highest BCUT2D eigenvalue weighted by molar-refractivity contribution is 5.92. The smallest absolute Gasteiger partial charge is 0.170 e. The summed E-state index contributed by atoms with van der Waals surface area (Å²) in [7, 11) is 0. The van der Waals surface area contributed by atoms with Gasteiger partial charge in [-0.3, -0.25) is 0 Å². The molecule has 4 rings (SSSR count). The summed E-state index contributed by atoms with van der Waals surface area (Å²) in [6.07, 6.45) is 8.93. The third kappa shape index (κ3) is 2.67. The zero-order valence-electron chi connectivity index (χ0n) is 11.8. The van der Waals surface area contributed by atoms with Gasteiger partial charge in [0.2, 0.25) is 0 Å².